The molecule has 0 saturated carbocycles. The van der Waals surface area contributed by atoms with E-state index in [1.54, 1.807) is 36.9 Å². The van der Waals surface area contributed by atoms with Gasteiger partial charge in [-0.1, -0.05) is 23.7 Å². The van der Waals surface area contributed by atoms with Crippen molar-refractivity contribution < 1.29 is 9.18 Å². The predicted octanol–water partition coefficient (Wildman–Crippen LogP) is 3.84. The molecule has 0 aliphatic carbocycles. The van der Waals surface area contributed by atoms with E-state index in [0.29, 0.717) is 32.8 Å². The Labute approximate surface area is 192 Å². The van der Waals surface area contributed by atoms with Crippen molar-refractivity contribution in [1.29, 1.82) is 0 Å². The summed E-state index contributed by atoms with van der Waals surface area (Å²) in [5.41, 5.74) is 3.76. The van der Waals surface area contributed by atoms with Gasteiger partial charge >= 0.3 is 0 Å². The highest BCUT2D eigenvalue weighted by atomic mass is 35.5. The van der Waals surface area contributed by atoms with Gasteiger partial charge < -0.3 is 4.90 Å². The van der Waals surface area contributed by atoms with Crippen LogP contribution in [0.4, 0.5) is 4.39 Å². The second kappa shape index (κ2) is 7.20. The molecule has 154 valence electrons. The van der Waals surface area contributed by atoms with Gasteiger partial charge in [-0.25, -0.2) is 4.39 Å². The predicted molar refractivity (Wildman–Crippen MR) is 123 cm³/mol. The third-order valence-electron chi connectivity index (χ3n) is 5.90. The number of fused-ring (bicyclic) bond motifs is 2. The van der Waals surface area contributed by atoms with E-state index < -0.39 is 11.2 Å². The number of aryl methyl sites for hydroxylation is 2. The van der Waals surface area contributed by atoms with Crippen molar-refractivity contribution >= 4 is 44.1 Å². The Hall–Kier alpha value is -3.12. The minimum atomic E-state index is -1.62. The monoisotopic (exact) mass is 440 g/mol. The van der Waals surface area contributed by atoms with Gasteiger partial charge in [0.1, 0.15) is 11.3 Å². The highest BCUT2D eigenvalue weighted by Crippen LogP contribution is 2.37. The molecular formula is C23H16B2ClFN4O. The molecule has 5 rings (SSSR count). The molecule has 0 fully saturated rings. The minimum Gasteiger partial charge on any atom is -0.340 e. The molecule has 4 radical (unpaired) electrons. The number of hydrogen-bond acceptors (Lipinski definition) is 3. The molecule has 3 heterocycles. The summed E-state index contributed by atoms with van der Waals surface area (Å²) in [6.07, 6.45) is 3.37. The molecule has 1 amide bonds. The zero-order valence-corrected chi connectivity index (χ0v) is 18.2. The fourth-order valence-corrected chi connectivity index (χ4v) is 4.47. The lowest BCUT2D eigenvalue weighted by Crippen LogP contribution is -2.45. The molecule has 4 aromatic rings. The van der Waals surface area contributed by atoms with Gasteiger partial charge in [0.25, 0.3) is 5.91 Å². The number of amides is 1. The van der Waals surface area contributed by atoms with Crippen LogP contribution in [-0.2, 0) is 18.9 Å². The molecule has 0 saturated heterocycles. The first-order valence-electron chi connectivity index (χ1n) is 9.95. The van der Waals surface area contributed by atoms with Gasteiger partial charge in [0, 0.05) is 42.3 Å². The van der Waals surface area contributed by atoms with Crippen LogP contribution in [-0.4, -0.2) is 41.3 Å². The van der Waals surface area contributed by atoms with E-state index in [9.17, 15) is 4.79 Å². The van der Waals surface area contributed by atoms with Gasteiger partial charge in [0.05, 0.1) is 32.0 Å². The van der Waals surface area contributed by atoms with Crippen molar-refractivity contribution in [3.63, 3.8) is 0 Å². The SMILES string of the molecule is [B]C1([B])c2ncccc2C(=O)N1Cc1c(C)cc(-c2ccc(Cl)c3nn(C)cc23)cc1F. The third-order valence-corrected chi connectivity index (χ3v) is 6.20. The molecule has 0 bridgehead atoms. The summed E-state index contributed by atoms with van der Waals surface area (Å²) in [5, 5.41) is 4.12. The Kier molecular flexibility index (Phi) is 4.67. The third kappa shape index (κ3) is 3.05. The molecule has 2 aromatic heterocycles. The lowest BCUT2D eigenvalue weighted by atomic mass is 9.59. The first kappa shape index (κ1) is 20.8. The number of pyridine rings is 1. The summed E-state index contributed by atoms with van der Waals surface area (Å²) < 4.78 is 17.0. The smallest absolute Gasteiger partial charge is 0.255 e. The van der Waals surface area contributed by atoms with Crippen LogP contribution in [0.1, 0.15) is 27.2 Å². The second-order valence-electron chi connectivity index (χ2n) is 8.03. The fourth-order valence-electron chi connectivity index (χ4n) is 4.27. The number of benzene rings is 2. The second-order valence-corrected chi connectivity index (χ2v) is 8.44. The van der Waals surface area contributed by atoms with Crippen LogP contribution < -0.4 is 0 Å². The van der Waals surface area contributed by atoms with E-state index in [0.717, 1.165) is 10.9 Å². The summed E-state index contributed by atoms with van der Waals surface area (Å²) in [7, 11) is 14.3. The number of rotatable bonds is 3. The minimum absolute atomic E-state index is 0.0803. The van der Waals surface area contributed by atoms with Gasteiger partial charge in [-0.05, 0) is 47.9 Å². The lowest BCUT2D eigenvalue weighted by molar-refractivity contribution is 0.0729. The van der Waals surface area contributed by atoms with Gasteiger partial charge in [0.15, 0.2) is 0 Å². The summed E-state index contributed by atoms with van der Waals surface area (Å²) >= 11 is 6.28. The highest BCUT2D eigenvalue weighted by molar-refractivity contribution is 6.42. The maximum absolute atomic E-state index is 15.4. The molecule has 1 aliphatic rings. The Bertz CT molecular complexity index is 1400. The van der Waals surface area contributed by atoms with Crippen LogP contribution in [0.25, 0.3) is 22.0 Å². The van der Waals surface area contributed by atoms with Crippen LogP contribution in [0.3, 0.4) is 0 Å². The van der Waals surface area contributed by atoms with E-state index in [1.807, 2.05) is 18.3 Å². The maximum atomic E-state index is 15.4. The average Bonchev–Trinajstić information content (AvgIpc) is 3.22. The number of halogens is 2. The first-order chi connectivity index (χ1) is 15.2. The van der Waals surface area contributed by atoms with Crippen LogP contribution in [0.2, 0.25) is 5.02 Å². The van der Waals surface area contributed by atoms with Crippen molar-refractivity contribution in [2.24, 2.45) is 7.05 Å². The molecule has 2 aromatic carbocycles. The summed E-state index contributed by atoms with van der Waals surface area (Å²) in [5.74, 6) is -0.838. The van der Waals surface area contributed by atoms with Crippen molar-refractivity contribution in [3.05, 3.63) is 82.0 Å². The van der Waals surface area contributed by atoms with E-state index in [2.05, 4.69) is 10.1 Å². The largest absolute Gasteiger partial charge is 0.340 e. The molecule has 9 heteroatoms. The summed E-state index contributed by atoms with van der Waals surface area (Å²) in [4.78, 5) is 18.3. The molecule has 0 unspecified atom stereocenters. The average molecular weight is 440 g/mol. The molecule has 0 atom stereocenters. The van der Waals surface area contributed by atoms with Gasteiger partial charge in [-0.2, -0.15) is 5.10 Å². The number of aromatic nitrogens is 3. The molecule has 32 heavy (non-hydrogen) atoms. The Morgan fingerprint density at radius 3 is 2.69 bits per heavy atom. The van der Waals surface area contributed by atoms with Crippen molar-refractivity contribution in [2.75, 3.05) is 0 Å². The summed E-state index contributed by atoms with van der Waals surface area (Å²) in [6, 6.07) is 10.2. The lowest BCUT2D eigenvalue weighted by Gasteiger charge is -2.33. The molecule has 5 nitrogen and oxygen atoms in total. The standard InChI is InChI=1S/C23H16B2ClFN4O/c1-12-8-13(14-5-6-18(26)20-17(14)10-30(2)29-20)9-19(27)16(12)11-31-22(32)15-4-3-7-28-21(15)23(31,24)25/h3-10H,11H2,1-2H3. The fraction of sp³-hybridized carbons (Fsp3) is 0.174. The van der Waals surface area contributed by atoms with E-state index in [4.69, 9.17) is 27.3 Å². The number of nitrogens with zero attached hydrogens (tertiary/aromatic N) is 4. The van der Waals surface area contributed by atoms with Crippen molar-refractivity contribution in [2.45, 2.75) is 18.8 Å². The van der Waals surface area contributed by atoms with Crippen molar-refractivity contribution in [1.82, 2.24) is 19.7 Å². The number of carbonyl (C=O) groups is 1. The van der Waals surface area contributed by atoms with E-state index in [-0.39, 0.29) is 18.1 Å². The summed E-state index contributed by atoms with van der Waals surface area (Å²) in [6.45, 7) is 1.71. The topological polar surface area (TPSA) is 51.0 Å². The van der Waals surface area contributed by atoms with Crippen LogP contribution in [0.5, 0.6) is 0 Å². The van der Waals surface area contributed by atoms with Crippen molar-refractivity contribution in [3.8, 4) is 11.1 Å². The van der Waals surface area contributed by atoms with E-state index >= 15 is 4.39 Å². The van der Waals surface area contributed by atoms with E-state index in [1.165, 1.54) is 17.2 Å². The Balaban J connectivity index is 1.55. The number of hydrogen-bond donors (Lipinski definition) is 0. The van der Waals surface area contributed by atoms with Crippen LogP contribution in [0.15, 0.2) is 48.8 Å². The van der Waals surface area contributed by atoms with Crippen LogP contribution >= 0.6 is 11.6 Å². The first-order valence-corrected chi connectivity index (χ1v) is 10.3. The normalized spacial score (nSPS) is 14.9. The number of carbonyl (C=O) groups excluding carboxylic acids is 1. The molecular weight excluding hydrogens is 424 g/mol. The maximum Gasteiger partial charge on any atom is 0.255 e. The van der Waals surface area contributed by atoms with Gasteiger partial charge in [-0.15, -0.1) is 0 Å². The Morgan fingerprint density at radius 2 is 1.97 bits per heavy atom. The Morgan fingerprint density at radius 1 is 1.19 bits per heavy atom. The van der Waals surface area contributed by atoms with Crippen LogP contribution in [0, 0.1) is 12.7 Å². The molecule has 1 aliphatic heterocycles. The van der Waals surface area contributed by atoms with Gasteiger partial charge in [0.2, 0.25) is 0 Å². The molecule has 0 N–H and O–H groups in total. The molecule has 0 spiro atoms. The van der Waals surface area contributed by atoms with Gasteiger partial charge in [-0.3, -0.25) is 14.5 Å². The quantitative estimate of drug-likeness (QED) is 0.455. The highest BCUT2D eigenvalue weighted by Gasteiger charge is 2.43. The zero-order chi connectivity index (χ0) is 22.8. The zero-order valence-electron chi connectivity index (χ0n) is 17.4.